The molecule has 0 aliphatic rings. The molecule has 1 N–H and O–H groups in total. The Labute approximate surface area is 190 Å². The molecule has 158 valence electrons. The standard InChI is InChI=1S/C25H20ClN5O/c1-2-18-14-23(24-21(26)9-6-10-22(24)27-18)32-15-16-11-12-19(17-7-4-3-5-8-17)20(13-16)25-28-30-31-29-25/h3-14H,2,15H2,1H3,(H,28,29,30,31). The summed E-state index contributed by atoms with van der Waals surface area (Å²) in [4.78, 5) is 4.67. The van der Waals surface area contributed by atoms with Crippen molar-refractivity contribution in [1.82, 2.24) is 25.6 Å². The summed E-state index contributed by atoms with van der Waals surface area (Å²) in [5.74, 6) is 1.27. The number of aryl methyl sites for hydroxylation is 1. The number of aromatic nitrogens is 5. The third-order valence-corrected chi connectivity index (χ3v) is 5.63. The molecule has 0 aliphatic carbocycles. The van der Waals surface area contributed by atoms with Crippen molar-refractivity contribution < 1.29 is 4.74 Å². The summed E-state index contributed by atoms with van der Waals surface area (Å²) in [5.41, 5.74) is 5.78. The van der Waals surface area contributed by atoms with Gasteiger partial charge in [0.05, 0.1) is 15.9 Å². The Bertz CT molecular complexity index is 1370. The first kappa shape index (κ1) is 20.2. The maximum Gasteiger partial charge on any atom is 0.205 e. The first-order chi connectivity index (χ1) is 15.7. The highest BCUT2D eigenvalue weighted by molar-refractivity contribution is 6.35. The van der Waals surface area contributed by atoms with E-state index in [1.54, 1.807) is 0 Å². The summed E-state index contributed by atoms with van der Waals surface area (Å²) in [6.45, 7) is 2.44. The van der Waals surface area contributed by atoms with Crippen molar-refractivity contribution >= 4 is 22.5 Å². The van der Waals surface area contributed by atoms with Gasteiger partial charge in [-0.1, -0.05) is 67.1 Å². The number of hydrogen-bond acceptors (Lipinski definition) is 5. The van der Waals surface area contributed by atoms with Crippen molar-refractivity contribution in [1.29, 1.82) is 0 Å². The van der Waals surface area contributed by atoms with E-state index < -0.39 is 0 Å². The van der Waals surface area contributed by atoms with Gasteiger partial charge in [-0.05, 0) is 46.5 Å². The molecule has 2 heterocycles. The molecule has 5 rings (SSSR count). The van der Waals surface area contributed by atoms with Gasteiger partial charge in [0.15, 0.2) is 0 Å². The topological polar surface area (TPSA) is 76.6 Å². The van der Waals surface area contributed by atoms with Gasteiger partial charge in [-0.15, -0.1) is 10.2 Å². The first-order valence-corrected chi connectivity index (χ1v) is 10.7. The summed E-state index contributed by atoms with van der Waals surface area (Å²) in [5, 5.41) is 16.1. The molecule has 0 spiro atoms. The lowest BCUT2D eigenvalue weighted by molar-refractivity contribution is 0.309. The van der Waals surface area contributed by atoms with Crippen LogP contribution < -0.4 is 4.74 Å². The predicted molar refractivity (Wildman–Crippen MR) is 126 cm³/mol. The maximum absolute atomic E-state index is 6.47. The number of rotatable bonds is 6. The Morgan fingerprint density at radius 3 is 2.59 bits per heavy atom. The van der Waals surface area contributed by atoms with E-state index in [1.165, 1.54) is 0 Å². The van der Waals surface area contributed by atoms with Crippen LogP contribution in [0.3, 0.4) is 0 Å². The molecule has 0 bridgehead atoms. The van der Waals surface area contributed by atoms with E-state index in [0.717, 1.165) is 51.0 Å². The Balaban J connectivity index is 1.52. The third kappa shape index (κ3) is 3.92. The molecule has 7 heteroatoms. The second kappa shape index (κ2) is 8.77. The number of H-pyrrole nitrogens is 1. The van der Waals surface area contributed by atoms with Gasteiger partial charge in [-0.3, -0.25) is 4.98 Å². The molecular formula is C25H20ClN5O. The van der Waals surface area contributed by atoms with E-state index in [4.69, 9.17) is 16.3 Å². The largest absolute Gasteiger partial charge is 0.488 e. The lowest BCUT2D eigenvalue weighted by Crippen LogP contribution is -2.00. The highest BCUT2D eigenvalue weighted by Crippen LogP contribution is 2.34. The van der Waals surface area contributed by atoms with Crippen LogP contribution >= 0.6 is 11.6 Å². The van der Waals surface area contributed by atoms with Crippen molar-refractivity contribution in [3.63, 3.8) is 0 Å². The fourth-order valence-electron chi connectivity index (χ4n) is 3.73. The Morgan fingerprint density at radius 1 is 0.938 bits per heavy atom. The van der Waals surface area contributed by atoms with Crippen molar-refractivity contribution in [3.05, 3.63) is 89.1 Å². The van der Waals surface area contributed by atoms with E-state index >= 15 is 0 Å². The minimum absolute atomic E-state index is 0.368. The molecule has 0 saturated carbocycles. The van der Waals surface area contributed by atoms with Crippen molar-refractivity contribution in [3.8, 4) is 28.3 Å². The average Bonchev–Trinajstić information content (AvgIpc) is 3.38. The minimum Gasteiger partial charge on any atom is -0.488 e. The first-order valence-electron chi connectivity index (χ1n) is 10.4. The molecule has 0 aliphatic heterocycles. The number of aromatic amines is 1. The molecule has 5 aromatic rings. The number of tetrazole rings is 1. The van der Waals surface area contributed by atoms with Crippen LogP contribution in [-0.2, 0) is 13.0 Å². The molecule has 0 radical (unpaired) electrons. The van der Waals surface area contributed by atoms with Gasteiger partial charge < -0.3 is 4.74 Å². The zero-order chi connectivity index (χ0) is 21.9. The molecule has 0 amide bonds. The highest BCUT2D eigenvalue weighted by Gasteiger charge is 2.14. The molecule has 2 aromatic heterocycles. The number of hydrogen-bond donors (Lipinski definition) is 1. The van der Waals surface area contributed by atoms with Gasteiger partial charge in [0.25, 0.3) is 0 Å². The summed E-state index contributed by atoms with van der Waals surface area (Å²) in [6, 6.07) is 24.0. The second-order valence-electron chi connectivity index (χ2n) is 7.37. The minimum atomic E-state index is 0.368. The third-order valence-electron chi connectivity index (χ3n) is 5.31. The zero-order valence-corrected chi connectivity index (χ0v) is 18.2. The number of pyridine rings is 1. The predicted octanol–water partition coefficient (Wildman–Crippen LogP) is 5.88. The maximum atomic E-state index is 6.47. The van der Waals surface area contributed by atoms with Crippen LogP contribution in [0, 0.1) is 0 Å². The summed E-state index contributed by atoms with van der Waals surface area (Å²) < 4.78 is 6.26. The number of halogens is 1. The number of nitrogens with one attached hydrogen (secondary N) is 1. The summed E-state index contributed by atoms with van der Waals surface area (Å²) in [6.07, 6.45) is 0.812. The van der Waals surface area contributed by atoms with E-state index in [0.29, 0.717) is 17.5 Å². The number of benzene rings is 3. The van der Waals surface area contributed by atoms with Gasteiger partial charge in [-0.25, -0.2) is 0 Å². The highest BCUT2D eigenvalue weighted by atomic mass is 35.5. The van der Waals surface area contributed by atoms with Crippen LogP contribution in [0.25, 0.3) is 33.4 Å². The van der Waals surface area contributed by atoms with E-state index in [2.05, 4.69) is 56.8 Å². The van der Waals surface area contributed by atoms with Crippen molar-refractivity contribution in [2.24, 2.45) is 0 Å². The lowest BCUT2D eigenvalue weighted by atomic mass is 9.97. The summed E-state index contributed by atoms with van der Waals surface area (Å²) in [7, 11) is 0. The normalized spacial score (nSPS) is 11.1. The molecule has 0 atom stereocenters. The van der Waals surface area contributed by atoms with Gasteiger partial charge in [0.2, 0.25) is 5.82 Å². The van der Waals surface area contributed by atoms with Gasteiger partial charge in [0.1, 0.15) is 12.4 Å². The SMILES string of the molecule is CCc1cc(OCc2ccc(-c3ccccc3)c(-c3nn[nH]n3)c2)c2c(Cl)cccc2n1. The molecule has 0 saturated heterocycles. The number of nitrogens with zero attached hydrogens (tertiary/aromatic N) is 4. The van der Waals surface area contributed by atoms with Crippen LogP contribution in [0.4, 0.5) is 0 Å². The van der Waals surface area contributed by atoms with Crippen molar-refractivity contribution in [2.75, 3.05) is 0 Å². The van der Waals surface area contributed by atoms with Crippen LogP contribution in [0.15, 0.2) is 72.8 Å². The number of ether oxygens (including phenoxy) is 1. The van der Waals surface area contributed by atoms with Gasteiger partial charge in [-0.2, -0.15) is 5.21 Å². The average molecular weight is 442 g/mol. The number of fused-ring (bicyclic) bond motifs is 1. The Morgan fingerprint density at radius 2 is 1.81 bits per heavy atom. The fourth-order valence-corrected chi connectivity index (χ4v) is 3.99. The molecule has 0 fully saturated rings. The quantitative estimate of drug-likeness (QED) is 0.356. The van der Waals surface area contributed by atoms with Gasteiger partial charge in [0, 0.05) is 17.3 Å². The molecule has 3 aromatic carbocycles. The van der Waals surface area contributed by atoms with E-state index in [1.807, 2.05) is 48.5 Å². The van der Waals surface area contributed by atoms with Crippen LogP contribution in [0.5, 0.6) is 5.75 Å². The smallest absolute Gasteiger partial charge is 0.205 e. The molecule has 32 heavy (non-hydrogen) atoms. The van der Waals surface area contributed by atoms with E-state index in [9.17, 15) is 0 Å². The Hall–Kier alpha value is -3.77. The van der Waals surface area contributed by atoms with E-state index in [-0.39, 0.29) is 0 Å². The van der Waals surface area contributed by atoms with Crippen LogP contribution in [0.2, 0.25) is 5.02 Å². The van der Waals surface area contributed by atoms with Crippen LogP contribution in [-0.4, -0.2) is 25.6 Å². The molecular weight excluding hydrogens is 422 g/mol. The molecule has 0 unspecified atom stereocenters. The van der Waals surface area contributed by atoms with Crippen molar-refractivity contribution in [2.45, 2.75) is 20.0 Å². The second-order valence-corrected chi connectivity index (χ2v) is 7.78. The monoisotopic (exact) mass is 441 g/mol. The molecule has 6 nitrogen and oxygen atoms in total. The van der Waals surface area contributed by atoms with Gasteiger partial charge >= 0.3 is 0 Å². The fraction of sp³-hybridized carbons (Fsp3) is 0.120. The van der Waals surface area contributed by atoms with Crippen LogP contribution in [0.1, 0.15) is 18.2 Å². The summed E-state index contributed by atoms with van der Waals surface area (Å²) >= 11 is 6.47. The lowest BCUT2D eigenvalue weighted by Gasteiger charge is -2.14. The zero-order valence-electron chi connectivity index (χ0n) is 17.4. The Kier molecular flexibility index (Phi) is 5.52.